The highest BCUT2D eigenvalue weighted by molar-refractivity contribution is 6.30. The second-order valence-electron chi connectivity index (χ2n) is 6.49. The molecule has 5 aromatic rings. The molecule has 0 unspecified atom stereocenters. The molecule has 0 spiro atoms. The Bertz CT molecular complexity index is 1270. The van der Waals surface area contributed by atoms with Crippen molar-refractivity contribution in [2.45, 2.75) is 6.54 Å². The summed E-state index contributed by atoms with van der Waals surface area (Å²) >= 11 is 6.11. The van der Waals surface area contributed by atoms with Crippen LogP contribution in [0.3, 0.4) is 0 Å². The fraction of sp³-hybridized carbons (Fsp3) is 0.0952. The highest BCUT2D eigenvalue weighted by atomic mass is 35.5. The van der Waals surface area contributed by atoms with E-state index in [0.717, 1.165) is 35.6 Å². The Balaban J connectivity index is 1.39. The zero-order valence-corrected chi connectivity index (χ0v) is 15.7. The summed E-state index contributed by atoms with van der Waals surface area (Å²) in [5.41, 5.74) is 2.84. The van der Waals surface area contributed by atoms with Gasteiger partial charge in [-0.25, -0.2) is 14.6 Å². The lowest BCUT2D eigenvalue weighted by Crippen LogP contribution is -2.11. The summed E-state index contributed by atoms with van der Waals surface area (Å²) in [6.45, 7) is 1.58. The van der Waals surface area contributed by atoms with E-state index in [9.17, 15) is 0 Å². The van der Waals surface area contributed by atoms with Crippen molar-refractivity contribution in [2.24, 2.45) is 0 Å². The third-order valence-corrected chi connectivity index (χ3v) is 4.98. The molecule has 1 N–H and O–H groups in total. The van der Waals surface area contributed by atoms with E-state index in [1.54, 1.807) is 17.2 Å². The Labute approximate surface area is 166 Å². The molecule has 3 heterocycles. The van der Waals surface area contributed by atoms with E-state index in [-0.39, 0.29) is 0 Å². The van der Waals surface area contributed by atoms with Gasteiger partial charge in [0.1, 0.15) is 12.1 Å². The number of nitrogens with one attached hydrogen (secondary N) is 1. The Kier molecular flexibility index (Phi) is 4.18. The quantitative estimate of drug-likeness (QED) is 0.480. The van der Waals surface area contributed by atoms with E-state index in [1.807, 2.05) is 24.3 Å². The molecule has 0 aliphatic rings. The topological polar surface area (TPSA) is 60.6 Å². The van der Waals surface area contributed by atoms with Crippen LogP contribution in [-0.2, 0) is 6.54 Å². The molecule has 0 aliphatic heterocycles. The average molecular weight is 389 g/mol. The molecular weight excluding hydrogens is 372 g/mol. The molecule has 0 fully saturated rings. The van der Waals surface area contributed by atoms with Gasteiger partial charge in [0.2, 0.25) is 0 Å². The lowest BCUT2D eigenvalue weighted by atomic mass is 10.2. The molecule has 2 aromatic carbocycles. The number of hydrogen-bond donors (Lipinski definition) is 1. The molecule has 0 radical (unpaired) electrons. The normalized spacial score (nSPS) is 11.3. The predicted molar refractivity (Wildman–Crippen MR) is 112 cm³/mol. The second kappa shape index (κ2) is 6.98. The molecule has 6 nitrogen and oxygen atoms in total. The molecule has 0 saturated heterocycles. The maximum atomic E-state index is 6.11. The first-order chi connectivity index (χ1) is 13.8. The first-order valence-corrected chi connectivity index (χ1v) is 9.40. The number of nitrogens with zero attached hydrogens (tertiary/aromatic N) is 5. The Morgan fingerprint density at radius 2 is 1.93 bits per heavy atom. The van der Waals surface area contributed by atoms with Gasteiger partial charge in [0, 0.05) is 29.8 Å². The molecule has 7 heteroatoms. The van der Waals surface area contributed by atoms with Crippen LogP contribution in [0.15, 0.2) is 73.3 Å². The molecule has 0 amide bonds. The fourth-order valence-electron chi connectivity index (χ4n) is 3.41. The number of fused-ring (bicyclic) bond motifs is 2. The third kappa shape index (κ3) is 2.97. The standard InChI is InChI=1S/C21H17ClN6/c22-16-5-3-6-17(12-16)28-21-18(13-26-28)20(24-14-25-21)23-9-11-27-10-8-15-4-1-2-7-19(15)27/h1-8,10,12-14H,9,11H2,(H,23,24,25). The van der Waals surface area contributed by atoms with Gasteiger partial charge in [0.25, 0.3) is 0 Å². The third-order valence-electron chi connectivity index (χ3n) is 4.74. The van der Waals surface area contributed by atoms with Crippen LogP contribution >= 0.6 is 11.6 Å². The molecule has 0 aliphatic carbocycles. The van der Waals surface area contributed by atoms with Crippen LogP contribution in [0.25, 0.3) is 27.6 Å². The van der Waals surface area contributed by atoms with E-state index in [4.69, 9.17) is 11.6 Å². The largest absolute Gasteiger partial charge is 0.368 e. The highest BCUT2D eigenvalue weighted by Gasteiger charge is 2.11. The first kappa shape index (κ1) is 16.8. The van der Waals surface area contributed by atoms with Gasteiger partial charge in [-0.1, -0.05) is 35.9 Å². The van der Waals surface area contributed by atoms with Crippen molar-refractivity contribution in [3.8, 4) is 5.69 Å². The van der Waals surface area contributed by atoms with Crippen LogP contribution < -0.4 is 5.32 Å². The van der Waals surface area contributed by atoms with Crippen molar-refractivity contribution >= 4 is 39.4 Å². The van der Waals surface area contributed by atoms with Gasteiger partial charge >= 0.3 is 0 Å². The summed E-state index contributed by atoms with van der Waals surface area (Å²) in [4.78, 5) is 8.81. The fourth-order valence-corrected chi connectivity index (χ4v) is 3.60. The molecule has 28 heavy (non-hydrogen) atoms. The Hall–Kier alpha value is -3.38. The maximum Gasteiger partial charge on any atom is 0.168 e. The minimum atomic E-state index is 0.660. The zero-order chi connectivity index (χ0) is 18.9. The van der Waals surface area contributed by atoms with Gasteiger partial charge in [0.15, 0.2) is 5.65 Å². The van der Waals surface area contributed by atoms with Crippen LogP contribution in [0.1, 0.15) is 0 Å². The van der Waals surface area contributed by atoms with Crippen molar-refractivity contribution in [1.82, 2.24) is 24.3 Å². The lowest BCUT2D eigenvalue weighted by Gasteiger charge is -2.09. The molecule has 0 bridgehead atoms. The van der Waals surface area contributed by atoms with Crippen molar-refractivity contribution in [2.75, 3.05) is 11.9 Å². The van der Waals surface area contributed by atoms with Gasteiger partial charge in [-0.05, 0) is 35.7 Å². The van der Waals surface area contributed by atoms with E-state index in [1.165, 1.54) is 10.9 Å². The van der Waals surface area contributed by atoms with E-state index in [2.05, 4.69) is 61.5 Å². The van der Waals surface area contributed by atoms with Crippen LogP contribution in [-0.4, -0.2) is 30.9 Å². The molecule has 3 aromatic heterocycles. The minimum absolute atomic E-state index is 0.660. The van der Waals surface area contributed by atoms with Crippen LogP contribution in [0, 0.1) is 0 Å². The monoisotopic (exact) mass is 388 g/mol. The molecule has 0 saturated carbocycles. The number of halogens is 1. The minimum Gasteiger partial charge on any atom is -0.368 e. The van der Waals surface area contributed by atoms with Crippen molar-refractivity contribution in [3.05, 3.63) is 78.3 Å². The predicted octanol–water partition coefficient (Wildman–Crippen LogP) is 4.54. The summed E-state index contributed by atoms with van der Waals surface area (Å²) in [5, 5.41) is 10.7. The zero-order valence-electron chi connectivity index (χ0n) is 15.0. The van der Waals surface area contributed by atoms with Gasteiger partial charge in [0.05, 0.1) is 17.3 Å². The van der Waals surface area contributed by atoms with Gasteiger partial charge in [-0.2, -0.15) is 5.10 Å². The summed E-state index contributed by atoms with van der Waals surface area (Å²) in [6.07, 6.45) is 5.45. The van der Waals surface area contributed by atoms with Gasteiger partial charge in [-0.3, -0.25) is 0 Å². The highest BCUT2D eigenvalue weighted by Crippen LogP contribution is 2.23. The van der Waals surface area contributed by atoms with Crippen molar-refractivity contribution in [1.29, 1.82) is 0 Å². The van der Waals surface area contributed by atoms with Gasteiger partial charge < -0.3 is 9.88 Å². The summed E-state index contributed by atoms with van der Waals surface area (Å²) < 4.78 is 4.00. The Morgan fingerprint density at radius 1 is 1.00 bits per heavy atom. The average Bonchev–Trinajstić information content (AvgIpc) is 3.33. The van der Waals surface area contributed by atoms with Crippen molar-refractivity contribution < 1.29 is 0 Å². The number of aromatic nitrogens is 5. The molecule has 138 valence electrons. The molecular formula is C21H17ClN6. The lowest BCUT2D eigenvalue weighted by molar-refractivity contribution is 0.755. The Morgan fingerprint density at radius 3 is 2.86 bits per heavy atom. The van der Waals surface area contributed by atoms with Crippen LogP contribution in [0.4, 0.5) is 5.82 Å². The van der Waals surface area contributed by atoms with E-state index < -0.39 is 0 Å². The number of benzene rings is 2. The number of para-hydroxylation sites is 1. The number of rotatable bonds is 5. The maximum absolute atomic E-state index is 6.11. The van der Waals surface area contributed by atoms with E-state index in [0.29, 0.717) is 5.02 Å². The van der Waals surface area contributed by atoms with Crippen LogP contribution in [0.5, 0.6) is 0 Å². The first-order valence-electron chi connectivity index (χ1n) is 9.02. The summed E-state index contributed by atoms with van der Waals surface area (Å²) in [5.74, 6) is 0.773. The van der Waals surface area contributed by atoms with E-state index >= 15 is 0 Å². The molecule has 0 atom stereocenters. The van der Waals surface area contributed by atoms with Gasteiger partial charge in [-0.15, -0.1) is 0 Å². The SMILES string of the molecule is Clc1cccc(-n2ncc3c(NCCn4ccc5ccccc54)ncnc32)c1. The van der Waals surface area contributed by atoms with Crippen molar-refractivity contribution in [3.63, 3.8) is 0 Å². The second-order valence-corrected chi connectivity index (χ2v) is 6.93. The summed E-state index contributed by atoms with van der Waals surface area (Å²) in [7, 11) is 0. The number of hydrogen-bond acceptors (Lipinski definition) is 4. The van der Waals surface area contributed by atoms with Crippen LogP contribution in [0.2, 0.25) is 5.02 Å². The molecule has 5 rings (SSSR count). The smallest absolute Gasteiger partial charge is 0.168 e. The summed E-state index contributed by atoms with van der Waals surface area (Å²) in [6, 6.07) is 18.0. The number of anilines is 1.